The summed E-state index contributed by atoms with van der Waals surface area (Å²) in [5.74, 6) is -1.15. The molecule has 2 saturated heterocycles. The molecule has 2 fully saturated rings. The third-order valence-corrected chi connectivity index (χ3v) is 6.04. The maximum absolute atomic E-state index is 13.3. The van der Waals surface area contributed by atoms with E-state index in [1.54, 1.807) is 18.2 Å². The Bertz CT molecular complexity index is 873. The minimum Gasteiger partial charge on any atom is -0.322 e. The fourth-order valence-electron chi connectivity index (χ4n) is 4.51. The summed E-state index contributed by atoms with van der Waals surface area (Å²) in [6.07, 6.45) is -2.85. The van der Waals surface area contributed by atoms with Gasteiger partial charge in [0, 0.05) is 31.1 Å². The minimum absolute atomic E-state index is 0.165. The summed E-state index contributed by atoms with van der Waals surface area (Å²) in [5.41, 5.74) is 1.90. The Morgan fingerprint density at radius 1 is 1.17 bits per heavy atom. The van der Waals surface area contributed by atoms with Crippen LogP contribution in [-0.2, 0) is 22.7 Å². The molecule has 10 heteroatoms. The third kappa shape index (κ3) is 3.93. The number of fused-ring (bicyclic) bond motifs is 1. The monoisotopic (exact) mass is 424 g/mol. The van der Waals surface area contributed by atoms with Crippen LogP contribution in [0.25, 0.3) is 0 Å². The smallest absolute Gasteiger partial charge is 0.322 e. The molecule has 0 aliphatic carbocycles. The number of halogens is 3. The highest BCUT2D eigenvalue weighted by molar-refractivity contribution is 6.05. The fourth-order valence-corrected chi connectivity index (χ4v) is 4.51. The van der Waals surface area contributed by atoms with Gasteiger partial charge in [-0.15, -0.1) is 0 Å². The Morgan fingerprint density at radius 2 is 1.97 bits per heavy atom. The van der Waals surface area contributed by atoms with Crippen molar-refractivity contribution in [3.63, 3.8) is 0 Å². The number of carbonyl (C=O) groups is 3. The van der Waals surface area contributed by atoms with Crippen molar-refractivity contribution in [1.29, 1.82) is 0 Å². The van der Waals surface area contributed by atoms with Gasteiger partial charge in [-0.3, -0.25) is 19.7 Å². The van der Waals surface area contributed by atoms with Gasteiger partial charge in [0.2, 0.25) is 11.8 Å². The number of alkyl halides is 3. The standard InChI is InChI=1S/C20H23F3N4O3/c21-20(22,23)17-14(5-2-8-24-17)25-9-11-3-1-4-12-13(11)10-27(19(12)30)15-6-7-16(28)26-18(15)29/h1,3-4,14-15,17,24-25H,2,5-10H2,(H,26,28,29)/t14-,15?,17+/m0/s1. The van der Waals surface area contributed by atoms with Crippen molar-refractivity contribution >= 4 is 17.7 Å². The number of rotatable bonds is 4. The number of piperidine rings is 2. The van der Waals surface area contributed by atoms with Gasteiger partial charge < -0.3 is 15.5 Å². The van der Waals surface area contributed by atoms with E-state index in [9.17, 15) is 27.6 Å². The van der Waals surface area contributed by atoms with Gasteiger partial charge in [0.1, 0.15) is 12.1 Å². The average molecular weight is 424 g/mol. The van der Waals surface area contributed by atoms with Crippen LogP contribution in [0, 0.1) is 0 Å². The van der Waals surface area contributed by atoms with Crippen LogP contribution in [0.3, 0.4) is 0 Å². The highest BCUT2D eigenvalue weighted by atomic mass is 19.4. The zero-order valence-electron chi connectivity index (χ0n) is 16.2. The van der Waals surface area contributed by atoms with Crippen LogP contribution in [-0.4, -0.2) is 53.5 Å². The van der Waals surface area contributed by atoms with Crippen molar-refractivity contribution in [1.82, 2.24) is 20.9 Å². The molecule has 0 radical (unpaired) electrons. The number of imide groups is 1. The Hall–Kier alpha value is -2.46. The molecule has 162 valence electrons. The summed E-state index contributed by atoms with van der Waals surface area (Å²) in [6.45, 7) is 0.723. The van der Waals surface area contributed by atoms with E-state index >= 15 is 0 Å². The topological polar surface area (TPSA) is 90.5 Å². The van der Waals surface area contributed by atoms with Crippen LogP contribution in [0.2, 0.25) is 0 Å². The maximum Gasteiger partial charge on any atom is 0.405 e. The number of amides is 3. The molecule has 3 heterocycles. The van der Waals surface area contributed by atoms with Gasteiger partial charge in [-0.1, -0.05) is 12.1 Å². The van der Waals surface area contributed by atoms with Gasteiger partial charge >= 0.3 is 6.18 Å². The van der Waals surface area contributed by atoms with Crippen molar-refractivity contribution in [2.24, 2.45) is 0 Å². The molecule has 1 aromatic carbocycles. The third-order valence-electron chi connectivity index (χ3n) is 6.04. The lowest BCUT2D eigenvalue weighted by molar-refractivity contribution is -0.166. The zero-order valence-corrected chi connectivity index (χ0v) is 16.2. The van der Waals surface area contributed by atoms with Crippen LogP contribution in [0.5, 0.6) is 0 Å². The zero-order chi connectivity index (χ0) is 21.5. The maximum atomic E-state index is 13.3. The average Bonchev–Trinajstić information content (AvgIpc) is 3.03. The largest absolute Gasteiger partial charge is 0.405 e. The van der Waals surface area contributed by atoms with Crippen molar-refractivity contribution in [2.75, 3.05) is 6.54 Å². The lowest BCUT2D eigenvalue weighted by Crippen LogP contribution is -2.58. The first-order valence-corrected chi connectivity index (χ1v) is 10.0. The highest BCUT2D eigenvalue weighted by Crippen LogP contribution is 2.31. The van der Waals surface area contributed by atoms with E-state index < -0.39 is 30.2 Å². The first-order chi connectivity index (χ1) is 14.3. The Morgan fingerprint density at radius 3 is 2.70 bits per heavy atom. The van der Waals surface area contributed by atoms with Crippen molar-refractivity contribution in [3.8, 4) is 0 Å². The van der Waals surface area contributed by atoms with Gasteiger partial charge in [0.15, 0.2) is 0 Å². The van der Waals surface area contributed by atoms with E-state index in [4.69, 9.17) is 0 Å². The van der Waals surface area contributed by atoms with E-state index in [1.165, 1.54) is 4.90 Å². The van der Waals surface area contributed by atoms with Crippen LogP contribution in [0.1, 0.15) is 47.2 Å². The van der Waals surface area contributed by atoms with Crippen LogP contribution in [0.4, 0.5) is 13.2 Å². The van der Waals surface area contributed by atoms with Crippen molar-refractivity contribution < 1.29 is 27.6 Å². The van der Waals surface area contributed by atoms with Gasteiger partial charge in [-0.05, 0) is 43.0 Å². The van der Waals surface area contributed by atoms with Gasteiger partial charge in [-0.2, -0.15) is 13.2 Å². The van der Waals surface area contributed by atoms with Gasteiger partial charge in [0.05, 0.1) is 0 Å². The molecule has 30 heavy (non-hydrogen) atoms. The molecule has 1 aromatic rings. The molecule has 3 amide bonds. The summed E-state index contributed by atoms with van der Waals surface area (Å²) in [5, 5.41) is 7.81. The molecule has 3 aliphatic heterocycles. The number of nitrogens with one attached hydrogen (secondary N) is 3. The number of carbonyl (C=O) groups excluding carboxylic acids is 3. The Balaban J connectivity index is 1.49. The number of hydrogen-bond acceptors (Lipinski definition) is 5. The van der Waals surface area contributed by atoms with Gasteiger partial charge in [0.25, 0.3) is 5.91 Å². The first-order valence-electron chi connectivity index (χ1n) is 10.0. The molecule has 3 atom stereocenters. The summed E-state index contributed by atoms with van der Waals surface area (Å²) in [7, 11) is 0. The molecule has 0 spiro atoms. The van der Waals surface area contributed by atoms with Crippen molar-refractivity contribution in [3.05, 3.63) is 34.9 Å². The van der Waals surface area contributed by atoms with E-state index in [-0.39, 0.29) is 37.7 Å². The highest BCUT2D eigenvalue weighted by Gasteiger charge is 2.45. The summed E-state index contributed by atoms with van der Waals surface area (Å²) >= 11 is 0. The number of benzene rings is 1. The van der Waals surface area contributed by atoms with E-state index in [2.05, 4.69) is 16.0 Å². The summed E-state index contributed by atoms with van der Waals surface area (Å²) in [6, 6.07) is 2.06. The minimum atomic E-state index is -4.34. The van der Waals surface area contributed by atoms with Crippen LogP contribution >= 0.6 is 0 Å². The number of nitrogens with zero attached hydrogens (tertiary/aromatic N) is 1. The lowest BCUT2D eigenvalue weighted by Gasteiger charge is -2.34. The molecule has 0 bridgehead atoms. The number of hydrogen-bond donors (Lipinski definition) is 3. The summed E-state index contributed by atoms with van der Waals surface area (Å²) < 4.78 is 39.9. The first kappa shape index (κ1) is 20.8. The predicted molar refractivity (Wildman–Crippen MR) is 100 cm³/mol. The van der Waals surface area contributed by atoms with E-state index in [0.717, 1.165) is 5.56 Å². The van der Waals surface area contributed by atoms with Crippen molar-refractivity contribution in [2.45, 2.75) is 63.1 Å². The molecule has 3 aliphatic rings. The molecule has 3 N–H and O–H groups in total. The molecule has 7 nitrogen and oxygen atoms in total. The predicted octanol–water partition coefficient (Wildman–Crippen LogP) is 1.22. The summed E-state index contributed by atoms with van der Waals surface area (Å²) in [4.78, 5) is 37.9. The Labute approximate surface area is 171 Å². The van der Waals surface area contributed by atoms with E-state index in [1.807, 2.05) is 0 Å². The molecule has 0 aromatic heterocycles. The Kier molecular flexibility index (Phi) is 5.54. The quantitative estimate of drug-likeness (QED) is 0.633. The molecule has 0 saturated carbocycles. The fraction of sp³-hybridized carbons (Fsp3) is 0.550. The normalized spacial score (nSPS) is 27.2. The molecule has 4 rings (SSSR count). The second-order valence-electron chi connectivity index (χ2n) is 7.95. The molecule has 1 unspecified atom stereocenters. The second-order valence-corrected chi connectivity index (χ2v) is 7.95. The SMILES string of the molecule is O=C1CCC(N2Cc3c(CN[C@H]4CCCN[C@H]4C(F)(F)F)cccc3C2=O)C(=O)N1. The van der Waals surface area contributed by atoms with Crippen LogP contribution < -0.4 is 16.0 Å². The molecular weight excluding hydrogens is 401 g/mol. The molecular formula is C20H23F3N4O3. The van der Waals surface area contributed by atoms with Gasteiger partial charge in [-0.25, -0.2) is 0 Å². The lowest BCUT2D eigenvalue weighted by atomic mass is 9.96. The van der Waals surface area contributed by atoms with Crippen LogP contribution in [0.15, 0.2) is 18.2 Å². The second kappa shape index (κ2) is 7.99. The van der Waals surface area contributed by atoms with E-state index in [0.29, 0.717) is 30.5 Å².